The number of imidazole rings is 1. The van der Waals surface area contributed by atoms with Crippen molar-refractivity contribution >= 4 is 39.9 Å². The maximum atomic E-state index is 12.3. The van der Waals surface area contributed by atoms with Gasteiger partial charge in [0.15, 0.2) is 5.69 Å². The third-order valence-corrected chi connectivity index (χ3v) is 5.43. The minimum Gasteiger partial charge on any atom is -0.343 e. The molecule has 0 saturated heterocycles. The Kier molecular flexibility index (Phi) is 6.09. The minimum absolute atomic E-state index is 0.224. The van der Waals surface area contributed by atoms with E-state index in [2.05, 4.69) is 35.6 Å². The van der Waals surface area contributed by atoms with Gasteiger partial charge < -0.3 is 15.6 Å². The van der Waals surface area contributed by atoms with Gasteiger partial charge in [0.25, 0.3) is 5.91 Å². The van der Waals surface area contributed by atoms with Crippen LogP contribution < -0.4 is 10.6 Å². The van der Waals surface area contributed by atoms with Crippen LogP contribution in [0.3, 0.4) is 0 Å². The van der Waals surface area contributed by atoms with Gasteiger partial charge in [0.1, 0.15) is 16.0 Å². The number of nitrogens with one attached hydrogen (secondary N) is 3. The van der Waals surface area contributed by atoms with Gasteiger partial charge in [-0.1, -0.05) is 23.7 Å². The second-order valence-electron chi connectivity index (χ2n) is 6.21. The van der Waals surface area contributed by atoms with Crippen molar-refractivity contribution in [1.82, 2.24) is 35.6 Å². The molecule has 1 amide bonds. The van der Waals surface area contributed by atoms with E-state index in [4.69, 9.17) is 11.6 Å². The molecule has 0 unspecified atom stereocenters. The highest BCUT2D eigenvalue weighted by atomic mass is 35.5. The Labute approximate surface area is 175 Å². The summed E-state index contributed by atoms with van der Waals surface area (Å²) in [4.78, 5) is 32.6. The quantitative estimate of drug-likeness (QED) is 0.373. The van der Waals surface area contributed by atoms with Crippen LogP contribution in [0.25, 0.3) is 11.0 Å². The molecule has 1 aromatic carbocycles. The summed E-state index contributed by atoms with van der Waals surface area (Å²) in [5.74, 6) is 1.08. The lowest BCUT2D eigenvalue weighted by atomic mass is 10.3. The van der Waals surface area contributed by atoms with Crippen molar-refractivity contribution in [3.05, 3.63) is 69.4 Å². The van der Waals surface area contributed by atoms with Crippen LogP contribution >= 0.6 is 22.9 Å². The number of fused-ring (bicyclic) bond motifs is 1. The van der Waals surface area contributed by atoms with Gasteiger partial charge in [-0.25, -0.2) is 19.9 Å². The fraction of sp³-hybridized carbons (Fsp3) is 0.211. The molecular weight excluding hydrogens is 410 g/mol. The minimum atomic E-state index is -0.333. The second-order valence-corrected chi connectivity index (χ2v) is 7.89. The molecule has 4 aromatic rings. The van der Waals surface area contributed by atoms with Gasteiger partial charge in [-0.15, -0.1) is 11.3 Å². The van der Waals surface area contributed by atoms with Gasteiger partial charge in [0.05, 0.1) is 29.1 Å². The summed E-state index contributed by atoms with van der Waals surface area (Å²) < 4.78 is 0.378. The van der Waals surface area contributed by atoms with Crippen LogP contribution in [0.2, 0.25) is 4.34 Å². The number of halogens is 1. The molecule has 0 atom stereocenters. The van der Waals surface area contributed by atoms with Crippen LogP contribution in [-0.2, 0) is 19.5 Å². The number of hydrogen-bond donors (Lipinski definition) is 3. The number of nitrogens with zero attached hydrogens (tertiary/aromatic N) is 4. The molecule has 0 spiro atoms. The van der Waals surface area contributed by atoms with Crippen LogP contribution in [-0.4, -0.2) is 37.4 Å². The van der Waals surface area contributed by atoms with E-state index in [0.717, 1.165) is 21.9 Å². The predicted molar refractivity (Wildman–Crippen MR) is 112 cm³/mol. The number of hydrogen-bond acceptors (Lipinski definition) is 7. The normalized spacial score (nSPS) is 11.1. The molecule has 0 bridgehead atoms. The standard InChI is InChI=1S/C19H18ClN7OS/c20-18-17(19(28)24-11-14-22-7-3-8-23-14)27-16(29-18)6-9-21-10-15-25-12-4-1-2-5-13(12)26-15/h1-5,7-8,21H,6,9-11H2,(H,24,28)(H,25,26). The molecule has 8 nitrogen and oxygen atoms in total. The van der Waals surface area contributed by atoms with Crippen LogP contribution in [0.5, 0.6) is 0 Å². The Bertz CT molecular complexity index is 1080. The highest BCUT2D eigenvalue weighted by Crippen LogP contribution is 2.24. The summed E-state index contributed by atoms with van der Waals surface area (Å²) in [7, 11) is 0. The van der Waals surface area contributed by atoms with E-state index in [1.165, 1.54) is 11.3 Å². The average molecular weight is 428 g/mol. The van der Waals surface area contributed by atoms with E-state index in [-0.39, 0.29) is 18.1 Å². The number of rotatable bonds is 8. The van der Waals surface area contributed by atoms with E-state index < -0.39 is 0 Å². The summed E-state index contributed by atoms with van der Waals surface area (Å²) in [5, 5.41) is 6.87. The molecule has 4 rings (SSSR count). The number of aromatic nitrogens is 5. The molecule has 29 heavy (non-hydrogen) atoms. The number of H-pyrrole nitrogens is 1. The van der Waals surface area contributed by atoms with Gasteiger partial charge in [0.2, 0.25) is 0 Å². The van der Waals surface area contributed by atoms with E-state index in [1.54, 1.807) is 18.5 Å². The van der Waals surface area contributed by atoms with Crippen molar-refractivity contribution in [2.24, 2.45) is 0 Å². The van der Waals surface area contributed by atoms with Crippen LogP contribution in [0, 0.1) is 0 Å². The second kappa shape index (κ2) is 9.08. The van der Waals surface area contributed by atoms with Crippen molar-refractivity contribution in [1.29, 1.82) is 0 Å². The third kappa shape index (κ3) is 4.94. The van der Waals surface area contributed by atoms with Crippen molar-refractivity contribution in [2.45, 2.75) is 19.5 Å². The fourth-order valence-corrected chi connectivity index (χ4v) is 3.92. The van der Waals surface area contributed by atoms with Crippen LogP contribution in [0.4, 0.5) is 0 Å². The molecule has 0 radical (unpaired) electrons. The third-order valence-electron chi connectivity index (χ3n) is 4.12. The number of aromatic amines is 1. The van der Waals surface area contributed by atoms with Crippen molar-refractivity contribution in [3.8, 4) is 0 Å². The summed E-state index contributed by atoms with van der Waals surface area (Å²) in [6.45, 7) is 1.54. The Morgan fingerprint density at radius 1 is 1.10 bits per heavy atom. The molecule has 0 aliphatic heterocycles. The Hall–Kier alpha value is -2.88. The molecule has 0 aliphatic rings. The average Bonchev–Trinajstić information content (AvgIpc) is 3.33. The zero-order valence-corrected chi connectivity index (χ0v) is 16.9. The molecule has 0 fully saturated rings. The molecule has 0 saturated carbocycles. The summed E-state index contributed by atoms with van der Waals surface area (Å²) in [5.41, 5.74) is 2.21. The molecule has 3 N–H and O–H groups in total. The smallest absolute Gasteiger partial charge is 0.272 e. The van der Waals surface area contributed by atoms with Crippen LogP contribution in [0.1, 0.15) is 27.1 Å². The van der Waals surface area contributed by atoms with Crippen molar-refractivity contribution in [2.75, 3.05) is 6.54 Å². The van der Waals surface area contributed by atoms with E-state index >= 15 is 0 Å². The van der Waals surface area contributed by atoms with Gasteiger partial charge in [-0.05, 0) is 18.2 Å². The van der Waals surface area contributed by atoms with E-state index in [9.17, 15) is 4.79 Å². The molecule has 3 heterocycles. The fourth-order valence-electron chi connectivity index (χ4n) is 2.75. The van der Waals surface area contributed by atoms with E-state index in [0.29, 0.717) is 29.7 Å². The zero-order chi connectivity index (χ0) is 20.1. The molecule has 3 aromatic heterocycles. The lowest BCUT2D eigenvalue weighted by Gasteiger charge is -2.02. The molecule has 148 valence electrons. The molecule has 10 heteroatoms. The SMILES string of the molecule is O=C(NCc1ncccn1)c1nc(CCNCc2nc3ccccc3[nH]2)sc1Cl. The van der Waals surface area contributed by atoms with Gasteiger partial charge in [-0.2, -0.15) is 0 Å². The Balaban J connectivity index is 1.27. The molecule has 0 aliphatic carbocycles. The maximum Gasteiger partial charge on any atom is 0.272 e. The first kappa shape index (κ1) is 19.4. The first-order chi connectivity index (χ1) is 14.2. The molecular formula is C19H18ClN7OS. The van der Waals surface area contributed by atoms with Crippen LogP contribution in [0.15, 0.2) is 42.7 Å². The lowest BCUT2D eigenvalue weighted by Crippen LogP contribution is -2.24. The van der Waals surface area contributed by atoms with Gasteiger partial charge in [0, 0.05) is 25.4 Å². The number of amides is 1. The predicted octanol–water partition coefficient (Wildman–Crippen LogP) is 2.73. The van der Waals surface area contributed by atoms with Crippen molar-refractivity contribution in [3.63, 3.8) is 0 Å². The van der Waals surface area contributed by atoms with E-state index in [1.807, 2.05) is 24.3 Å². The number of para-hydroxylation sites is 2. The van der Waals surface area contributed by atoms with Crippen molar-refractivity contribution < 1.29 is 4.79 Å². The first-order valence-electron chi connectivity index (χ1n) is 9.02. The number of carbonyl (C=O) groups excluding carboxylic acids is 1. The number of benzene rings is 1. The van der Waals surface area contributed by atoms with Gasteiger partial charge in [-0.3, -0.25) is 4.79 Å². The summed E-state index contributed by atoms with van der Waals surface area (Å²) >= 11 is 7.52. The van der Waals surface area contributed by atoms with Gasteiger partial charge >= 0.3 is 0 Å². The topological polar surface area (TPSA) is 108 Å². The highest BCUT2D eigenvalue weighted by molar-refractivity contribution is 7.16. The first-order valence-corrected chi connectivity index (χ1v) is 10.2. The largest absolute Gasteiger partial charge is 0.343 e. The maximum absolute atomic E-state index is 12.3. The Morgan fingerprint density at radius 2 is 1.93 bits per heavy atom. The summed E-state index contributed by atoms with van der Waals surface area (Å²) in [6.07, 6.45) is 3.92. The number of thiazole rings is 1. The lowest BCUT2D eigenvalue weighted by molar-refractivity contribution is 0.0945. The Morgan fingerprint density at radius 3 is 2.76 bits per heavy atom. The zero-order valence-electron chi connectivity index (χ0n) is 15.4. The monoisotopic (exact) mass is 427 g/mol. The number of carbonyl (C=O) groups is 1. The summed E-state index contributed by atoms with van der Waals surface area (Å²) in [6, 6.07) is 9.64. The highest BCUT2D eigenvalue weighted by Gasteiger charge is 2.17.